The third kappa shape index (κ3) is 3.57. The number of nitrogen functional groups attached to an aromatic ring is 1. The fourth-order valence-electron chi connectivity index (χ4n) is 1.98. The number of nitrogens with zero attached hydrogens (tertiary/aromatic N) is 1. The second-order valence-electron chi connectivity index (χ2n) is 4.60. The van der Waals surface area contributed by atoms with Crippen molar-refractivity contribution in [1.82, 2.24) is 0 Å². The smallest absolute Gasteiger partial charge is 0.124 e. The summed E-state index contributed by atoms with van der Waals surface area (Å²) >= 11 is 3.29. The summed E-state index contributed by atoms with van der Waals surface area (Å²) in [6.45, 7) is 0.567. The lowest BCUT2D eigenvalue weighted by Crippen LogP contribution is -2.18. The van der Waals surface area contributed by atoms with Crippen LogP contribution in [0.5, 0.6) is 0 Å². The van der Waals surface area contributed by atoms with E-state index >= 15 is 0 Å². The highest BCUT2D eigenvalue weighted by Gasteiger charge is 2.06. The minimum absolute atomic E-state index is 0.0359. The largest absolute Gasteiger partial charge is 0.384 e. The number of nitrogens with one attached hydrogen (secondary N) is 1. The molecule has 104 valence electrons. The molecule has 20 heavy (non-hydrogen) atoms. The van der Waals surface area contributed by atoms with Crippen LogP contribution in [0.15, 0.2) is 46.9 Å². The van der Waals surface area contributed by atoms with Crippen molar-refractivity contribution in [2.45, 2.75) is 6.54 Å². The molecule has 0 amide bonds. The Bertz CT molecular complexity index is 623. The average molecular weight is 336 g/mol. The van der Waals surface area contributed by atoms with Crippen molar-refractivity contribution in [2.75, 3.05) is 11.9 Å². The Morgan fingerprint density at radius 1 is 1.30 bits per heavy atom. The van der Waals surface area contributed by atoms with E-state index in [1.54, 1.807) is 6.07 Å². The molecule has 2 aromatic rings. The van der Waals surface area contributed by atoms with Crippen molar-refractivity contribution in [1.29, 1.82) is 5.41 Å². The first-order chi connectivity index (χ1) is 9.45. The summed E-state index contributed by atoms with van der Waals surface area (Å²) in [7, 11) is 1.91. The highest BCUT2D eigenvalue weighted by atomic mass is 79.9. The molecular formula is C15H15BrFN3. The molecule has 0 saturated carbocycles. The molecule has 2 aromatic carbocycles. The van der Waals surface area contributed by atoms with Crippen LogP contribution >= 0.6 is 15.9 Å². The number of nitrogens with two attached hydrogens (primary N) is 1. The molecule has 0 saturated heterocycles. The molecule has 3 N–H and O–H groups in total. The van der Waals surface area contributed by atoms with Crippen LogP contribution in [0.25, 0.3) is 0 Å². The van der Waals surface area contributed by atoms with Crippen LogP contribution in [0, 0.1) is 11.2 Å². The van der Waals surface area contributed by atoms with E-state index < -0.39 is 0 Å². The van der Waals surface area contributed by atoms with Crippen LogP contribution in [0.2, 0.25) is 0 Å². The number of hydrogen-bond acceptors (Lipinski definition) is 2. The van der Waals surface area contributed by atoms with Gasteiger partial charge in [0.1, 0.15) is 11.7 Å². The van der Waals surface area contributed by atoms with Gasteiger partial charge < -0.3 is 10.6 Å². The van der Waals surface area contributed by atoms with Gasteiger partial charge in [0.25, 0.3) is 0 Å². The van der Waals surface area contributed by atoms with Crippen LogP contribution in [-0.4, -0.2) is 12.9 Å². The molecule has 0 atom stereocenters. The van der Waals surface area contributed by atoms with E-state index in [1.165, 1.54) is 12.1 Å². The van der Waals surface area contributed by atoms with Crippen molar-refractivity contribution >= 4 is 27.5 Å². The summed E-state index contributed by atoms with van der Waals surface area (Å²) in [5, 5.41) is 7.45. The summed E-state index contributed by atoms with van der Waals surface area (Å²) in [5.41, 5.74) is 7.96. The topological polar surface area (TPSA) is 53.1 Å². The molecule has 2 rings (SSSR count). The number of hydrogen-bond donors (Lipinski definition) is 2. The molecule has 0 aliphatic rings. The summed E-state index contributed by atoms with van der Waals surface area (Å²) in [5.74, 6) is -0.228. The predicted octanol–water partition coefficient (Wildman–Crippen LogP) is 3.51. The van der Waals surface area contributed by atoms with Gasteiger partial charge in [0.15, 0.2) is 0 Å². The third-order valence-electron chi connectivity index (χ3n) is 2.94. The van der Waals surface area contributed by atoms with Gasteiger partial charge >= 0.3 is 0 Å². The molecule has 0 fully saturated rings. The van der Waals surface area contributed by atoms with Crippen molar-refractivity contribution in [3.05, 3.63) is 63.9 Å². The quantitative estimate of drug-likeness (QED) is 0.663. The van der Waals surface area contributed by atoms with Gasteiger partial charge in [-0.1, -0.05) is 28.1 Å². The molecule has 0 heterocycles. The summed E-state index contributed by atoms with van der Waals surface area (Å²) in [4.78, 5) is 1.98. The number of anilines is 1. The second kappa shape index (κ2) is 6.05. The Hall–Kier alpha value is -1.88. The van der Waals surface area contributed by atoms with E-state index in [-0.39, 0.29) is 11.7 Å². The molecule has 3 nitrogen and oxygen atoms in total. The van der Waals surface area contributed by atoms with Gasteiger partial charge in [-0.2, -0.15) is 0 Å². The molecule has 0 radical (unpaired) electrons. The Kier molecular flexibility index (Phi) is 4.39. The van der Waals surface area contributed by atoms with Gasteiger partial charge in [0.2, 0.25) is 0 Å². The zero-order chi connectivity index (χ0) is 14.7. The third-order valence-corrected chi connectivity index (χ3v) is 3.40. The van der Waals surface area contributed by atoms with Crippen LogP contribution in [0.4, 0.5) is 10.1 Å². The monoisotopic (exact) mass is 335 g/mol. The predicted molar refractivity (Wildman–Crippen MR) is 83.7 cm³/mol. The van der Waals surface area contributed by atoms with E-state index in [1.807, 2.05) is 36.2 Å². The lowest BCUT2D eigenvalue weighted by molar-refractivity contribution is 0.624. The van der Waals surface area contributed by atoms with Gasteiger partial charge in [-0.3, -0.25) is 5.41 Å². The van der Waals surface area contributed by atoms with Crippen LogP contribution < -0.4 is 10.6 Å². The molecule has 0 aliphatic carbocycles. The zero-order valence-corrected chi connectivity index (χ0v) is 12.6. The van der Waals surface area contributed by atoms with Crippen molar-refractivity contribution in [2.24, 2.45) is 5.73 Å². The van der Waals surface area contributed by atoms with Gasteiger partial charge in [-0.15, -0.1) is 0 Å². The van der Waals surface area contributed by atoms with Crippen LogP contribution in [-0.2, 0) is 6.54 Å². The number of rotatable bonds is 4. The van der Waals surface area contributed by atoms with E-state index in [4.69, 9.17) is 11.1 Å². The minimum atomic E-state index is -0.264. The Morgan fingerprint density at radius 2 is 2.05 bits per heavy atom. The lowest BCUT2D eigenvalue weighted by Gasteiger charge is -2.20. The first kappa shape index (κ1) is 14.5. The lowest BCUT2D eigenvalue weighted by atomic mass is 10.1. The summed E-state index contributed by atoms with van der Waals surface area (Å²) < 4.78 is 14.1. The number of benzene rings is 2. The van der Waals surface area contributed by atoms with E-state index in [9.17, 15) is 4.39 Å². The van der Waals surface area contributed by atoms with Gasteiger partial charge in [0, 0.05) is 29.3 Å². The van der Waals surface area contributed by atoms with Crippen molar-refractivity contribution in [3.63, 3.8) is 0 Å². The number of amidine groups is 1. The summed E-state index contributed by atoms with van der Waals surface area (Å²) in [6.07, 6.45) is 0. The highest BCUT2D eigenvalue weighted by Crippen LogP contribution is 2.20. The van der Waals surface area contributed by atoms with Crippen molar-refractivity contribution < 1.29 is 4.39 Å². The van der Waals surface area contributed by atoms with Crippen LogP contribution in [0.1, 0.15) is 11.1 Å². The van der Waals surface area contributed by atoms with Gasteiger partial charge in [-0.05, 0) is 35.9 Å². The molecule has 0 unspecified atom stereocenters. The fraction of sp³-hybridized carbons (Fsp3) is 0.133. The maximum Gasteiger partial charge on any atom is 0.124 e. The maximum atomic E-state index is 13.4. The molecule has 5 heteroatoms. The average Bonchev–Trinajstić information content (AvgIpc) is 2.37. The minimum Gasteiger partial charge on any atom is -0.384 e. The van der Waals surface area contributed by atoms with E-state index in [2.05, 4.69) is 15.9 Å². The fourth-order valence-corrected chi connectivity index (χ4v) is 2.49. The van der Waals surface area contributed by atoms with E-state index in [0.717, 1.165) is 15.7 Å². The standard InChI is InChI=1S/C15H15BrFN3/c1-20(9-10-5-12(16)8-13(17)6-10)14-4-2-3-11(7-14)15(18)19/h2-8H,9H2,1H3,(H3,18,19). The maximum absolute atomic E-state index is 13.4. The zero-order valence-electron chi connectivity index (χ0n) is 11.0. The first-order valence-corrected chi connectivity index (χ1v) is 6.85. The number of halogens is 2. The first-order valence-electron chi connectivity index (χ1n) is 6.06. The Labute approximate surface area is 125 Å². The Balaban J connectivity index is 2.21. The normalized spacial score (nSPS) is 10.3. The molecular weight excluding hydrogens is 321 g/mol. The van der Waals surface area contributed by atoms with Crippen LogP contribution in [0.3, 0.4) is 0 Å². The van der Waals surface area contributed by atoms with Gasteiger partial charge in [0.05, 0.1) is 0 Å². The summed E-state index contributed by atoms with van der Waals surface area (Å²) in [6, 6.07) is 12.2. The second-order valence-corrected chi connectivity index (χ2v) is 5.51. The van der Waals surface area contributed by atoms with E-state index in [0.29, 0.717) is 12.1 Å². The molecule has 0 aliphatic heterocycles. The molecule has 0 bridgehead atoms. The SMILES string of the molecule is CN(Cc1cc(F)cc(Br)c1)c1cccc(C(=N)N)c1. The highest BCUT2D eigenvalue weighted by molar-refractivity contribution is 9.10. The van der Waals surface area contributed by atoms with Gasteiger partial charge in [-0.25, -0.2) is 4.39 Å². The molecule has 0 aromatic heterocycles. The van der Waals surface area contributed by atoms with Crippen molar-refractivity contribution in [3.8, 4) is 0 Å². The molecule has 0 spiro atoms. The Morgan fingerprint density at radius 3 is 2.70 bits per heavy atom.